The summed E-state index contributed by atoms with van der Waals surface area (Å²) in [6.45, 7) is 6.09. The molecule has 0 radical (unpaired) electrons. The fraction of sp³-hybridized carbons (Fsp3) is 0.308. The summed E-state index contributed by atoms with van der Waals surface area (Å²) in [5, 5.41) is 6.63. The van der Waals surface area contributed by atoms with E-state index in [0.29, 0.717) is 12.4 Å². The normalized spacial score (nSPS) is 10.4. The second-order valence-corrected chi connectivity index (χ2v) is 4.10. The lowest BCUT2D eigenvalue weighted by Crippen LogP contribution is -2.06. The van der Waals surface area contributed by atoms with E-state index in [0.717, 1.165) is 16.7 Å². The summed E-state index contributed by atoms with van der Waals surface area (Å²) in [7, 11) is 0. The number of H-pyrrole nitrogens is 1. The summed E-state index contributed by atoms with van der Waals surface area (Å²) in [6, 6.07) is 6.03. The molecule has 1 aromatic heterocycles. The Hall–Kier alpha value is -2.17. The quantitative estimate of drug-likeness (QED) is 0.842. The number of hydrogen-bond acceptors (Lipinski definition) is 4. The van der Waals surface area contributed by atoms with Crippen LogP contribution in [0.15, 0.2) is 18.2 Å². The number of carbonyl (C=O) groups excluding carboxylic acids is 1. The first-order valence-corrected chi connectivity index (χ1v) is 5.78. The molecular formula is C13H15N3O2. The molecule has 18 heavy (non-hydrogen) atoms. The van der Waals surface area contributed by atoms with Gasteiger partial charge in [0.15, 0.2) is 5.82 Å². The van der Waals surface area contributed by atoms with E-state index in [4.69, 9.17) is 4.74 Å². The van der Waals surface area contributed by atoms with Crippen molar-refractivity contribution < 1.29 is 9.53 Å². The Morgan fingerprint density at radius 3 is 2.56 bits per heavy atom. The van der Waals surface area contributed by atoms with E-state index in [1.165, 1.54) is 0 Å². The number of aromatic nitrogens is 3. The number of aryl methyl sites for hydroxylation is 2. The van der Waals surface area contributed by atoms with Gasteiger partial charge in [0, 0.05) is 5.56 Å². The van der Waals surface area contributed by atoms with Crippen LogP contribution in [0.25, 0.3) is 11.4 Å². The molecule has 0 unspecified atom stereocenters. The minimum absolute atomic E-state index is 0.131. The molecule has 2 rings (SSSR count). The van der Waals surface area contributed by atoms with Crippen LogP contribution in [0.5, 0.6) is 0 Å². The Balaban J connectivity index is 2.32. The maximum atomic E-state index is 11.5. The fourth-order valence-electron chi connectivity index (χ4n) is 1.79. The van der Waals surface area contributed by atoms with Crippen molar-refractivity contribution in [2.45, 2.75) is 20.8 Å². The molecule has 5 heteroatoms. The Morgan fingerprint density at radius 2 is 1.94 bits per heavy atom. The lowest BCUT2D eigenvalue weighted by Gasteiger charge is -2.00. The van der Waals surface area contributed by atoms with Crippen LogP contribution in [0.3, 0.4) is 0 Å². The van der Waals surface area contributed by atoms with Crippen LogP contribution in [-0.2, 0) is 4.74 Å². The molecule has 0 atom stereocenters. The number of aromatic amines is 1. The molecule has 1 aromatic carbocycles. The molecule has 0 spiro atoms. The average Bonchev–Trinajstić information content (AvgIpc) is 2.77. The van der Waals surface area contributed by atoms with Crippen molar-refractivity contribution >= 4 is 5.97 Å². The van der Waals surface area contributed by atoms with Crippen LogP contribution >= 0.6 is 0 Å². The van der Waals surface area contributed by atoms with E-state index < -0.39 is 5.97 Å². The third-order valence-corrected chi connectivity index (χ3v) is 2.43. The summed E-state index contributed by atoms with van der Waals surface area (Å²) in [5.74, 6) is 0.150. The standard InChI is InChI=1S/C13H15N3O2/c1-4-18-13(17)12-14-11(15-16-12)10-6-8(2)5-9(3)7-10/h5-7H,4H2,1-3H3,(H,14,15,16). The predicted octanol–water partition coefficient (Wildman–Crippen LogP) is 2.27. The molecule has 1 heterocycles. The number of esters is 1. The molecule has 94 valence electrons. The van der Waals surface area contributed by atoms with Gasteiger partial charge in [-0.2, -0.15) is 5.10 Å². The molecule has 0 saturated heterocycles. The Morgan fingerprint density at radius 1 is 1.28 bits per heavy atom. The van der Waals surface area contributed by atoms with Gasteiger partial charge in [0.2, 0.25) is 5.82 Å². The molecular weight excluding hydrogens is 230 g/mol. The van der Waals surface area contributed by atoms with Gasteiger partial charge in [-0.05, 0) is 32.9 Å². The Kier molecular flexibility index (Phi) is 3.41. The van der Waals surface area contributed by atoms with E-state index in [9.17, 15) is 4.79 Å². The number of benzene rings is 1. The summed E-state index contributed by atoms with van der Waals surface area (Å²) in [6.07, 6.45) is 0. The topological polar surface area (TPSA) is 67.9 Å². The average molecular weight is 245 g/mol. The third kappa shape index (κ3) is 2.56. The summed E-state index contributed by atoms with van der Waals surface area (Å²) in [5.41, 5.74) is 3.15. The van der Waals surface area contributed by atoms with Crippen LogP contribution in [0.4, 0.5) is 0 Å². The number of carbonyl (C=O) groups is 1. The highest BCUT2D eigenvalue weighted by molar-refractivity contribution is 5.85. The van der Waals surface area contributed by atoms with Crippen molar-refractivity contribution in [3.63, 3.8) is 0 Å². The number of rotatable bonds is 3. The zero-order chi connectivity index (χ0) is 13.1. The van der Waals surface area contributed by atoms with E-state index in [-0.39, 0.29) is 5.82 Å². The molecule has 0 aliphatic rings. The minimum Gasteiger partial charge on any atom is -0.460 e. The van der Waals surface area contributed by atoms with Crippen molar-refractivity contribution in [2.24, 2.45) is 0 Å². The molecule has 0 aliphatic heterocycles. The molecule has 0 aliphatic carbocycles. The van der Waals surface area contributed by atoms with Gasteiger partial charge in [-0.15, -0.1) is 0 Å². The molecule has 0 bridgehead atoms. The van der Waals surface area contributed by atoms with Crippen molar-refractivity contribution in [1.29, 1.82) is 0 Å². The predicted molar refractivity (Wildman–Crippen MR) is 67.2 cm³/mol. The minimum atomic E-state index is -0.486. The van der Waals surface area contributed by atoms with E-state index in [2.05, 4.69) is 21.2 Å². The van der Waals surface area contributed by atoms with Crippen molar-refractivity contribution in [2.75, 3.05) is 6.61 Å². The zero-order valence-electron chi connectivity index (χ0n) is 10.7. The number of nitrogens with one attached hydrogen (secondary N) is 1. The molecule has 0 amide bonds. The van der Waals surface area contributed by atoms with Crippen LogP contribution in [0.2, 0.25) is 0 Å². The maximum Gasteiger partial charge on any atom is 0.375 e. The highest BCUT2D eigenvalue weighted by atomic mass is 16.5. The molecule has 0 fully saturated rings. The number of nitrogens with zero attached hydrogens (tertiary/aromatic N) is 2. The maximum absolute atomic E-state index is 11.5. The van der Waals surface area contributed by atoms with Crippen LogP contribution < -0.4 is 0 Å². The first-order chi connectivity index (χ1) is 8.60. The monoisotopic (exact) mass is 245 g/mol. The van der Waals surface area contributed by atoms with E-state index >= 15 is 0 Å². The van der Waals surface area contributed by atoms with Gasteiger partial charge in [0.25, 0.3) is 0 Å². The van der Waals surface area contributed by atoms with Gasteiger partial charge in [0.05, 0.1) is 6.61 Å². The van der Waals surface area contributed by atoms with Crippen molar-refractivity contribution in [3.05, 3.63) is 35.2 Å². The van der Waals surface area contributed by atoms with Crippen LogP contribution in [-0.4, -0.2) is 27.8 Å². The van der Waals surface area contributed by atoms with Gasteiger partial charge < -0.3 is 4.74 Å². The first kappa shape index (κ1) is 12.3. The second kappa shape index (κ2) is 5.00. The summed E-state index contributed by atoms with van der Waals surface area (Å²) in [4.78, 5) is 15.6. The van der Waals surface area contributed by atoms with Gasteiger partial charge in [0.1, 0.15) is 0 Å². The van der Waals surface area contributed by atoms with Gasteiger partial charge >= 0.3 is 5.97 Å². The second-order valence-electron chi connectivity index (χ2n) is 4.10. The van der Waals surface area contributed by atoms with Gasteiger partial charge in [-0.3, -0.25) is 5.10 Å². The van der Waals surface area contributed by atoms with Crippen molar-refractivity contribution in [1.82, 2.24) is 15.2 Å². The lowest BCUT2D eigenvalue weighted by molar-refractivity contribution is 0.0512. The Bertz CT molecular complexity index is 555. The third-order valence-electron chi connectivity index (χ3n) is 2.43. The van der Waals surface area contributed by atoms with Crippen molar-refractivity contribution in [3.8, 4) is 11.4 Å². The van der Waals surface area contributed by atoms with Gasteiger partial charge in [-0.1, -0.05) is 17.2 Å². The van der Waals surface area contributed by atoms with Crippen LogP contribution in [0, 0.1) is 13.8 Å². The number of ether oxygens (including phenoxy) is 1. The van der Waals surface area contributed by atoms with Crippen LogP contribution in [0.1, 0.15) is 28.7 Å². The molecule has 5 nitrogen and oxygen atoms in total. The molecule has 0 saturated carbocycles. The highest BCUT2D eigenvalue weighted by Crippen LogP contribution is 2.18. The van der Waals surface area contributed by atoms with E-state index in [1.807, 2.05) is 26.0 Å². The SMILES string of the molecule is CCOC(=O)c1nc(-c2cc(C)cc(C)c2)n[nH]1. The molecule has 1 N–H and O–H groups in total. The largest absolute Gasteiger partial charge is 0.460 e. The highest BCUT2D eigenvalue weighted by Gasteiger charge is 2.13. The lowest BCUT2D eigenvalue weighted by atomic mass is 10.1. The summed E-state index contributed by atoms with van der Waals surface area (Å²) >= 11 is 0. The summed E-state index contributed by atoms with van der Waals surface area (Å²) < 4.78 is 4.85. The smallest absolute Gasteiger partial charge is 0.375 e. The van der Waals surface area contributed by atoms with E-state index in [1.54, 1.807) is 6.92 Å². The molecule has 2 aromatic rings. The first-order valence-electron chi connectivity index (χ1n) is 5.78. The van der Waals surface area contributed by atoms with Gasteiger partial charge in [-0.25, -0.2) is 9.78 Å². The zero-order valence-corrected chi connectivity index (χ0v) is 10.7. The Labute approximate surface area is 105 Å². The fourth-order valence-corrected chi connectivity index (χ4v) is 1.79. The number of hydrogen-bond donors (Lipinski definition) is 1.